The van der Waals surface area contributed by atoms with Gasteiger partial charge in [0.2, 0.25) is 13.8 Å². The summed E-state index contributed by atoms with van der Waals surface area (Å²) >= 11 is 0. The maximum absolute atomic E-state index is 12.3. The minimum absolute atomic E-state index is 0.0896. The highest BCUT2D eigenvalue weighted by Crippen LogP contribution is 2.11. The highest BCUT2D eigenvalue weighted by Gasteiger charge is 2.19. The van der Waals surface area contributed by atoms with Gasteiger partial charge in [0.1, 0.15) is 6.04 Å². The topological polar surface area (TPSA) is 125 Å². The van der Waals surface area contributed by atoms with Crippen molar-refractivity contribution in [1.82, 2.24) is 10.6 Å². The van der Waals surface area contributed by atoms with Gasteiger partial charge in [0.15, 0.2) is 19.5 Å². The zero-order chi connectivity index (χ0) is 18.8. The SMILES string of the molecule is [B]C(=O)NCCCC[C@H](NC([B])=O)C(=O)Nc1ccc(C(=O)O)cc1. The molecule has 128 valence electrons. The van der Waals surface area contributed by atoms with E-state index in [9.17, 15) is 19.2 Å². The van der Waals surface area contributed by atoms with Gasteiger partial charge >= 0.3 is 5.97 Å². The Labute approximate surface area is 147 Å². The van der Waals surface area contributed by atoms with Crippen LogP contribution in [0.25, 0.3) is 0 Å². The van der Waals surface area contributed by atoms with Gasteiger partial charge in [-0.15, -0.1) is 0 Å². The van der Waals surface area contributed by atoms with Gasteiger partial charge in [0.05, 0.1) is 5.56 Å². The summed E-state index contributed by atoms with van der Waals surface area (Å²) in [6, 6.07) is 4.73. The molecule has 10 heteroatoms. The van der Waals surface area contributed by atoms with Gasteiger partial charge in [-0.25, -0.2) is 4.79 Å². The van der Waals surface area contributed by atoms with Crippen molar-refractivity contribution in [2.75, 3.05) is 11.9 Å². The van der Waals surface area contributed by atoms with E-state index in [-0.39, 0.29) is 5.56 Å². The van der Waals surface area contributed by atoms with Crippen molar-refractivity contribution in [3.63, 3.8) is 0 Å². The molecule has 0 aliphatic heterocycles. The van der Waals surface area contributed by atoms with Crippen molar-refractivity contribution in [2.24, 2.45) is 0 Å². The van der Waals surface area contributed by atoms with Crippen LogP contribution in [0, 0.1) is 0 Å². The fraction of sp³-hybridized carbons (Fsp3) is 0.333. The van der Waals surface area contributed by atoms with Crippen LogP contribution in [-0.4, -0.2) is 56.9 Å². The van der Waals surface area contributed by atoms with E-state index in [1.54, 1.807) is 0 Å². The Morgan fingerprint density at radius 2 is 1.64 bits per heavy atom. The van der Waals surface area contributed by atoms with Crippen LogP contribution < -0.4 is 16.0 Å². The van der Waals surface area contributed by atoms with Crippen molar-refractivity contribution < 1.29 is 24.3 Å². The first kappa shape index (κ1) is 20.3. The summed E-state index contributed by atoms with van der Waals surface area (Å²) in [6.07, 6.45) is 1.42. The van der Waals surface area contributed by atoms with Crippen molar-refractivity contribution in [2.45, 2.75) is 25.3 Å². The lowest BCUT2D eigenvalue weighted by Gasteiger charge is -2.18. The lowest BCUT2D eigenvalue weighted by molar-refractivity contribution is -0.118. The Bertz CT molecular complexity index is 637. The molecule has 0 saturated heterocycles. The quantitative estimate of drug-likeness (QED) is 0.387. The molecule has 1 aromatic rings. The van der Waals surface area contributed by atoms with Crippen molar-refractivity contribution in [1.29, 1.82) is 0 Å². The lowest BCUT2D eigenvalue weighted by Crippen LogP contribution is -2.43. The highest BCUT2D eigenvalue weighted by molar-refractivity contribution is 6.57. The molecule has 0 fully saturated rings. The normalized spacial score (nSPS) is 11.2. The number of hydrogen-bond donors (Lipinski definition) is 4. The molecule has 25 heavy (non-hydrogen) atoms. The molecule has 0 spiro atoms. The van der Waals surface area contributed by atoms with E-state index >= 15 is 0 Å². The largest absolute Gasteiger partial charge is 0.478 e. The number of carboxylic acid groups (broad SMARTS) is 1. The smallest absolute Gasteiger partial charge is 0.335 e. The number of nitrogens with one attached hydrogen (secondary N) is 3. The molecule has 1 aromatic carbocycles. The average Bonchev–Trinajstić information content (AvgIpc) is 2.53. The van der Waals surface area contributed by atoms with Gasteiger partial charge in [-0.1, -0.05) is 0 Å². The zero-order valence-electron chi connectivity index (χ0n) is 13.5. The molecular weight excluding hydrogens is 324 g/mol. The number of carbonyl (C=O) groups excluding carboxylic acids is 3. The third kappa shape index (κ3) is 8.05. The maximum atomic E-state index is 12.3. The molecule has 1 rings (SSSR count). The van der Waals surface area contributed by atoms with Crippen LogP contribution >= 0.6 is 0 Å². The summed E-state index contributed by atoms with van der Waals surface area (Å²) in [5.74, 6) is -3.02. The number of carbonyl (C=O) groups is 4. The number of rotatable bonds is 9. The molecule has 0 unspecified atom stereocenters. The summed E-state index contributed by atoms with van der Waals surface area (Å²) in [6.45, 7) is 0.358. The van der Waals surface area contributed by atoms with Crippen LogP contribution in [0.5, 0.6) is 0 Å². The Morgan fingerprint density at radius 3 is 2.16 bits per heavy atom. The van der Waals surface area contributed by atoms with Gasteiger partial charge < -0.3 is 21.1 Å². The molecule has 0 aromatic heterocycles. The number of anilines is 1. The third-order valence-electron chi connectivity index (χ3n) is 3.25. The monoisotopic (exact) mass is 341 g/mol. The molecule has 0 saturated carbocycles. The number of aromatic carboxylic acids is 1. The molecular formula is C15H17B2N3O5. The Morgan fingerprint density at radius 1 is 1.00 bits per heavy atom. The first-order valence-corrected chi connectivity index (χ1v) is 7.53. The van der Waals surface area contributed by atoms with E-state index < -0.39 is 29.5 Å². The fourth-order valence-corrected chi connectivity index (χ4v) is 2.05. The Hall–Kier alpha value is -2.77. The number of carboxylic acids is 1. The van der Waals surface area contributed by atoms with Gasteiger partial charge in [0.25, 0.3) is 0 Å². The van der Waals surface area contributed by atoms with Gasteiger partial charge in [-0.2, -0.15) is 0 Å². The predicted molar refractivity (Wildman–Crippen MR) is 93.1 cm³/mol. The number of hydrogen-bond acceptors (Lipinski definition) is 4. The summed E-state index contributed by atoms with van der Waals surface area (Å²) in [4.78, 5) is 44.7. The van der Waals surface area contributed by atoms with E-state index in [4.69, 9.17) is 20.8 Å². The van der Waals surface area contributed by atoms with Crippen LogP contribution in [0.3, 0.4) is 0 Å². The molecule has 0 aliphatic rings. The molecule has 8 nitrogen and oxygen atoms in total. The van der Waals surface area contributed by atoms with Gasteiger partial charge in [-0.3, -0.25) is 14.4 Å². The average molecular weight is 341 g/mol. The Balaban J connectivity index is 2.58. The fourth-order valence-electron chi connectivity index (χ4n) is 2.05. The first-order valence-electron chi connectivity index (χ1n) is 7.53. The van der Waals surface area contributed by atoms with Crippen molar-refractivity contribution >= 4 is 44.9 Å². The van der Waals surface area contributed by atoms with Gasteiger partial charge in [0, 0.05) is 12.2 Å². The van der Waals surface area contributed by atoms with Crippen LogP contribution in [-0.2, 0) is 4.79 Å². The van der Waals surface area contributed by atoms with Crippen molar-refractivity contribution in [3.8, 4) is 0 Å². The third-order valence-corrected chi connectivity index (χ3v) is 3.25. The van der Waals surface area contributed by atoms with E-state index in [2.05, 4.69) is 16.0 Å². The predicted octanol–water partition coefficient (Wildman–Crippen LogP) is 0.618. The Kier molecular flexibility index (Phi) is 8.25. The molecule has 0 aliphatic carbocycles. The van der Waals surface area contributed by atoms with E-state index in [0.29, 0.717) is 31.5 Å². The molecule has 4 N–H and O–H groups in total. The highest BCUT2D eigenvalue weighted by atomic mass is 16.4. The van der Waals surface area contributed by atoms with Crippen LogP contribution in [0.15, 0.2) is 24.3 Å². The minimum atomic E-state index is -1.07. The molecule has 3 amide bonds. The summed E-state index contributed by atoms with van der Waals surface area (Å²) in [5.41, 5.74) is 0.480. The maximum Gasteiger partial charge on any atom is 0.335 e. The zero-order valence-corrected chi connectivity index (χ0v) is 13.5. The number of amides is 3. The summed E-state index contributed by atoms with van der Waals surface area (Å²) in [7, 11) is 10.0. The number of unbranched alkanes of at least 4 members (excludes halogenated alkanes) is 1. The standard InChI is InChI=1S/C15H17B2N3O5/c16-14(24)18-8-2-1-3-11(20-15(17)25)12(21)19-10-6-4-9(5-7-10)13(22)23/h4-7,11H,1-3,8H2,(H,18,24)(H,19,21)(H,20,25)(H,22,23)/t11-/m0/s1. The van der Waals surface area contributed by atoms with Crippen LogP contribution in [0.1, 0.15) is 29.6 Å². The summed E-state index contributed by atoms with van der Waals surface area (Å²) < 4.78 is 0. The second-order valence-electron chi connectivity index (χ2n) is 5.22. The van der Waals surface area contributed by atoms with Gasteiger partial charge in [-0.05, 0) is 43.5 Å². The molecule has 0 bridgehead atoms. The van der Waals surface area contributed by atoms with Crippen LogP contribution in [0.2, 0.25) is 0 Å². The summed E-state index contributed by atoms with van der Waals surface area (Å²) in [5, 5.41) is 16.2. The first-order chi connectivity index (χ1) is 11.8. The number of benzene rings is 1. The molecule has 4 radical (unpaired) electrons. The van der Waals surface area contributed by atoms with E-state index in [1.165, 1.54) is 24.3 Å². The molecule has 1 atom stereocenters. The second kappa shape index (κ2) is 10.2. The molecule has 0 heterocycles. The lowest BCUT2D eigenvalue weighted by atomic mass is 10.0. The minimum Gasteiger partial charge on any atom is -0.478 e. The van der Waals surface area contributed by atoms with E-state index in [1.807, 2.05) is 0 Å². The van der Waals surface area contributed by atoms with E-state index in [0.717, 1.165) is 0 Å². The second-order valence-corrected chi connectivity index (χ2v) is 5.22. The van der Waals surface area contributed by atoms with Crippen molar-refractivity contribution in [3.05, 3.63) is 29.8 Å². The van der Waals surface area contributed by atoms with Crippen LogP contribution in [0.4, 0.5) is 15.3 Å².